The molecule has 1 heterocycles. The Hall–Kier alpha value is -3.21. The highest BCUT2D eigenvalue weighted by atomic mass is 19.2. The molecule has 6 nitrogen and oxygen atoms in total. The van der Waals surface area contributed by atoms with Gasteiger partial charge in [0.25, 0.3) is 5.91 Å². The zero-order chi connectivity index (χ0) is 18.2. The molecule has 130 valence electrons. The van der Waals surface area contributed by atoms with Crippen molar-refractivity contribution < 1.29 is 18.3 Å². The van der Waals surface area contributed by atoms with Crippen molar-refractivity contribution in [3.8, 4) is 11.8 Å². The number of carbonyl (C=O) groups is 1. The fraction of sp³-hybridized carbons (Fsp3) is 0.235. The first-order valence-corrected chi connectivity index (χ1v) is 7.49. The number of benzene rings is 1. The molecule has 1 atom stereocenters. The molecular weight excluding hydrogens is 330 g/mol. The van der Waals surface area contributed by atoms with E-state index in [1.165, 1.54) is 13.0 Å². The normalized spacial score (nSPS) is 11.3. The van der Waals surface area contributed by atoms with Crippen molar-refractivity contribution in [2.24, 2.45) is 0 Å². The molecule has 2 rings (SSSR count). The van der Waals surface area contributed by atoms with Gasteiger partial charge in [-0.15, -0.1) is 0 Å². The number of hydrogen-bond acceptors (Lipinski definition) is 5. The van der Waals surface area contributed by atoms with Gasteiger partial charge in [-0.1, -0.05) is 0 Å². The average Bonchev–Trinajstić information content (AvgIpc) is 2.62. The summed E-state index contributed by atoms with van der Waals surface area (Å²) in [5.41, 5.74) is 0.406. The molecule has 8 heteroatoms. The highest BCUT2D eigenvalue weighted by Crippen LogP contribution is 2.16. The number of ether oxygens (including phenoxy) is 1. The van der Waals surface area contributed by atoms with Crippen LogP contribution >= 0.6 is 0 Å². The first-order chi connectivity index (χ1) is 12.0. The Balaban J connectivity index is 1.77. The number of nitrogens with zero attached hydrogens (tertiary/aromatic N) is 2. The molecular formula is C17H16F2N4O2. The lowest BCUT2D eigenvalue weighted by Gasteiger charge is -2.15. The molecule has 0 saturated carbocycles. The van der Waals surface area contributed by atoms with Crippen molar-refractivity contribution in [1.29, 1.82) is 5.26 Å². The number of aromatic nitrogens is 1. The van der Waals surface area contributed by atoms with Gasteiger partial charge >= 0.3 is 0 Å². The van der Waals surface area contributed by atoms with Crippen LogP contribution in [-0.4, -0.2) is 30.1 Å². The van der Waals surface area contributed by atoms with Crippen LogP contribution in [0, 0.1) is 23.0 Å². The second-order valence-electron chi connectivity index (χ2n) is 5.07. The van der Waals surface area contributed by atoms with E-state index >= 15 is 0 Å². The minimum atomic E-state index is -1.04. The van der Waals surface area contributed by atoms with E-state index in [-0.39, 0.29) is 12.3 Å². The van der Waals surface area contributed by atoms with Gasteiger partial charge < -0.3 is 15.4 Å². The summed E-state index contributed by atoms with van der Waals surface area (Å²) in [5, 5.41) is 14.5. The molecule has 1 aromatic heterocycles. The molecule has 0 spiro atoms. The van der Waals surface area contributed by atoms with E-state index < -0.39 is 23.6 Å². The Labute approximate surface area is 143 Å². The van der Waals surface area contributed by atoms with Crippen LogP contribution in [0.25, 0.3) is 0 Å². The predicted molar refractivity (Wildman–Crippen MR) is 86.9 cm³/mol. The minimum absolute atomic E-state index is 0.0619. The van der Waals surface area contributed by atoms with Crippen molar-refractivity contribution >= 4 is 11.7 Å². The van der Waals surface area contributed by atoms with Gasteiger partial charge in [-0.3, -0.25) is 4.79 Å². The molecule has 0 aliphatic carbocycles. The SMILES string of the molecule is C[C@H](Oc1ccc(F)c(F)c1)C(=O)NCCNc1ncccc1C#N. The van der Waals surface area contributed by atoms with E-state index in [9.17, 15) is 13.6 Å². The number of amides is 1. The fourth-order valence-corrected chi connectivity index (χ4v) is 1.95. The van der Waals surface area contributed by atoms with Crippen LogP contribution in [0.1, 0.15) is 12.5 Å². The summed E-state index contributed by atoms with van der Waals surface area (Å²) in [6.07, 6.45) is 0.675. The van der Waals surface area contributed by atoms with Gasteiger partial charge in [-0.05, 0) is 31.2 Å². The Kier molecular flexibility index (Phi) is 6.23. The van der Waals surface area contributed by atoms with Crippen molar-refractivity contribution in [1.82, 2.24) is 10.3 Å². The molecule has 0 unspecified atom stereocenters. The first-order valence-electron chi connectivity index (χ1n) is 7.49. The molecule has 0 bridgehead atoms. The van der Waals surface area contributed by atoms with Crippen LogP contribution in [0.2, 0.25) is 0 Å². The summed E-state index contributed by atoms with van der Waals surface area (Å²) in [6, 6.07) is 8.35. The molecule has 0 aliphatic heterocycles. The first kappa shape index (κ1) is 18.1. The molecule has 2 aromatic rings. The lowest BCUT2D eigenvalue weighted by Crippen LogP contribution is -2.38. The van der Waals surface area contributed by atoms with E-state index in [2.05, 4.69) is 15.6 Å². The summed E-state index contributed by atoms with van der Waals surface area (Å²) < 4.78 is 31.2. The smallest absolute Gasteiger partial charge is 0.260 e. The minimum Gasteiger partial charge on any atom is -0.481 e. The van der Waals surface area contributed by atoms with Gasteiger partial charge in [0.2, 0.25) is 0 Å². The average molecular weight is 346 g/mol. The van der Waals surface area contributed by atoms with Gasteiger partial charge in [0, 0.05) is 25.4 Å². The molecule has 2 N–H and O–H groups in total. The number of pyridine rings is 1. The van der Waals surface area contributed by atoms with E-state index in [0.717, 1.165) is 12.1 Å². The Morgan fingerprint density at radius 1 is 1.32 bits per heavy atom. The summed E-state index contributed by atoms with van der Waals surface area (Å²) >= 11 is 0. The number of anilines is 1. The summed E-state index contributed by atoms with van der Waals surface area (Å²) in [4.78, 5) is 16.0. The topological polar surface area (TPSA) is 87.0 Å². The lowest BCUT2D eigenvalue weighted by molar-refractivity contribution is -0.127. The van der Waals surface area contributed by atoms with Gasteiger partial charge in [0.1, 0.15) is 17.6 Å². The Bertz CT molecular complexity index is 792. The molecule has 0 saturated heterocycles. The third kappa shape index (κ3) is 5.14. The van der Waals surface area contributed by atoms with Crippen molar-refractivity contribution in [2.75, 3.05) is 18.4 Å². The van der Waals surface area contributed by atoms with Crippen molar-refractivity contribution in [3.05, 3.63) is 53.7 Å². The summed E-state index contributed by atoms with van der Waals surface area (Å²) in [6.45, 7) is 2.12. The Morgan fingerprint density at radius 3 is 2.84 bits per heavy atom. The zero-order valence-electron chi connectivity index (χ0n) is 13.4. The molecule has 0 radical (unpaired) electrons. The van der Waals surface area contributed by atoms with Gasteiger partial charge in [0.15, 0.2) is 17.7 Å². The molecule has 0 fully saturated rings. The van der Waals surface area contributed by atoms with Crippen LogP contribution in [0.3, 0.4) is 0 Å². The lowest BCUT2D eigenvalue weighted by atomic mass is 10.3. The standard InChI is InChI=1S/C17H16F2N4O2/c1-11(25-13-4-5-14(18)15(19)9-13)17(24)23-8-7-22-16-12(10-20)3-2-6-21-16/h2-6,9,11H,7-8H2,1H3,(H,21,22)(H,23,24)/t11-/m0/s1. The molecule has 1 amide bonds. The number of rotatable bonds is 7. The highest BCUT2D eigenvalue weighted by Gasteiger charge is 2.15. The van der Waals surface area contributed by atoms with Gasteiger partial charge in [-0.25, -0.2) is 13.8 Å². The van der Waals surface area contributed by atoms with Crippen molar-refractivity contribution in [2.45, 2.75) is 13.0 Å². The second kappa shape index (κ2) is 8.59. The number of hydrogen-bond donors (Lipinski definition) is 2. The van der Waals surface area contributed by atoms with Crippen molar-refractivity contribution in [3.63, 3.8) is 0 Å². The zero-order valence-corrected chi connectivity index (χ0v) is 13.4. The molecule has 0 aliphatic rings. The third-order valence-electron chi connectivity index (χ3n) is 3.22. The number of carbonyl (C=O) groups excluding carboxylic acids is 1. The van der Waals surface area contributed by atoms with Gasteiger partial charge in [0.05, 0.1) is 5.56 Å². The maximum absolute atomic E-state index is 13.1. The van der Waals surface area contributed by atoms with E-state index in [1.807, 2.05) is 6.07 Å². The van der Waals surface area contributed by atoms with Gasteiger partial charge in [-0.2, -0.15) is 5.26 Å². The summed E-state index contributed by atoms with van der Waals surface area (Å²) in [7, 11) is 0. The summed E-state index contributed by atoms with van der Waals surface area (Å²) in [5.74, 6) is -1.94. The maximum Gasteiger partial charge on any atom is 0.260 e. The van der Waals surface area contributed by atoms with E-state index in [0.29, 0.717) is 17.9 Å². The van der Waals surface area contributed by atoms with E-state index in [1.54, 1.807) is 18.3 Å². The third-order valence-corrected chi connectivity index (χ3v) is 3.22. The predicted octanol–water partition coefficient (Wildman–Crippen LogP) is 2.23. The quantitative estimate of drug-likeness (QED) is 0.751. The maximum atomic E-state index is 13.1. The van der Waals surface area contributed by atoms with Crippen LogP contribution < -0.4 is 15.4 Å². The van der Waals surface area contributed by atoms with Crippen LogP contribution in [0.15, 0.2) is 36.5 Å². The highest BCUT2D eigenvalue weighted by molar-refractivity contribution is 5.80. The largest absolute Gasteiger partial charge is 0.481 e. The monoisotopic (exact) mass is 346 g/mol. The molecule has 1 aromatic carbocycles. The van der Waals surface area contributed by atoms with Crippen LogP contribution in [-0.2, 0) is 4.79 Å². The molecule has 25 heavy (non-hydrogen) atoms. The number of nitrogens with one attached hydrogen (secondary N) is 2. The number of nitriles is 1. The fourth-order valence-electron chi connectivity index (χ4n) is 1.95. The van der Waals surface area contributed by atoms with Crippen LogP contribution in [0.5, 0.6) is 5.75 Å². The second-order valence-corrected chi connectivity index (χ2v) is 5.07. The van der Waals surface area contributed by atoms with E-state index in [4.69, 9.17) is 10.00 Å². The van der Waals surface area contributed by atoms with Crippen LogP contribution in [0.4, 0.5) is 14.6 Å². The Morgan fingerprint density at radius 2 is 2.12 bits per heavy atom. The number of halogens is 2.